The van der Waals surface area contributed by atoms with Crippen molar-refractivity contribution in [1.82, 2.24) is 15.3 Å². The molecule has 4 heteroatoms. The molecular weight excluding hydrogens is 178 g/mol. The van der Waals surface area contributed by atoms with Gasteiger partial charge >= 0.3 is 0 Å². The average molecular weight is 203 g/mol. The number of hydrogen-bond acceptors (Lipinski definition) is 4. The lowest BCUT2D eigenvalue weighted by Gasteiger charge is -2.36. The van der Waals surface area contributed by atoms with Crippen LogP contribution in [0.25, 0.3) is 0 Å². The first-order valence-corrected chi connectivity index (χ1v) is 5.57. The van der Waals surface area contributed by atoms with Crippen LogP contribution in [0.5, 0.6) is 0 Å². The normalized spacial score (nSPS) is 20.6. The molecule has 0 unspecified atom stereocenters. The van der Waals surface area contributed by atoms with Gasteiger partial charge in [0.25, 0.3) is 0 Å². The summed E-state index contributed by atoms with van der Waals surface area (Å²) in [4.78, 5) is 4.98. The molecule has 1 saturated heterocycles. The maximum Gasteiger partial charge on any atom is 0.0219 e. The minimum atomic E-state index is 0. The second kappa shape index (κ2) is 6.35. The highest BCUT2D eigenvalue weighted by Crippen LogP contribution is 2.05. The second-order valence-electron chi connectivity index (χ2n) is 4.23. The summed E-state index contributed by atoms with van der Waals surface area (Å²) in [5, 5.41) is 8.43. The largest absolute Gasteiger partial charge is 0.317 e. The molecule has 1 heterocycles. The molecule has 86 valence electrons. The van der Waals surface area contributed by atoms with E-state index in [1.165, 1.54) is 26.2 Å². The van der Waals surface area contributed by atoms with Gasteiger partial charge in [0, 0.05) is 40.2 Å². The van der Waals surface area contributed by atoms with Crippen LogP contribution in [-0.2, 0) is 0 Å². The lowest BCUT2D eigenvalue weighted by Crippen LogP contribution is -2.49. The summed E-state index contributed by atoms with van der Waals surface area (Å²) >= 11 is 0. The monoisotopic (exact) mass is 203 g/mol. The standard InChI is InChI=1S/C10H23N3O.H2/c1-10(2)13-8-6-12(7-9-13)5-3-4-11-14;/h10-11,14H,3-9H2,1-2H3;1H. The Bertz CT molecular complexity index is 150. The Kier molecular flexibility index (Phi) is 5.40. The van der Waals surface area contributed by atoms with Crippen LogP contribution in [0, 0.1) is 0 Å². The topological polar surface area (TPSA) is 38.7 Å². The molecule has 0 spiro atoms. The van der Waals surface area contributed by atoms with Crippen LogP contribution in [0.2, 0.25) is 0 Å². The molecule has 0 bridgehead atoms. The predicted molar refractivity (Wildman–Crippen MR) is 59.7 cm³/mol. The van der Waals surface area contributed by atoms with Gasteiger partial charge in [0.2, 0.25) is 0 Å². The Morgan fingerprint density at radius 2 is 1.93 bits per heavy atom. The van der Waals surface area contributed by atoms with Gasteiger partial charge in [-0.25, -0.2) is 5.48 Å². The molecule has 4 nitrogen and oxygen atoms in total. The molecule has 0 aromatic carbocycles. The van der Waals surface area contributed by atoms with Crippen molar-refractivity contribution in [1.29, 1.82) is 0 Å². The number of hydroxylamine groups is 1. The zero-order valence-corrected chi connectivity index (χ0v) is 9.37. The van der Waals surface area contributed by atoms with Crippen LogP contribution in [0.3, 0.4) is 0 Å². The third kappa shape index (κ3) is 3.92. The maximum absolute atomic E-state index is 8.43. The second-order valence-corrected chi connectivity index (χ2v) is 4.23. The van der Waals surface area contributed by atoms with Gasteiger partial charge < -0.3 is 10.1 Å². The Balaban J connectivity index is 0.00000196. The lowest BCUT2D eigenvalue weighted by molar-refractivity contribution is 0.102. The summed E-state index contributed by atoms with van der Waals surface area (Å²) in [5.41, 5.74) is 2.20. The van der Waals surface area contributed by atoms with Gasteiger partial charge in [0.05, 0.1) is 0 Å². The highest BCUT2D eigenvalue weighted by molar-refractivity contribution is 4.73. The van der Waals surface area contributed by atoms with Gasteiger partial charge in [0.1, 0.15) is 0 Å². The van der Waals surface area contributed by atoms with Crippen LogP contribution < -0.4 is 5.48 Å². The average Bonchev–Trinajstić information content (AvgIpc) is 2.19. The fourth-order valence-corrected chi connectivity index (χ4v) is 1.89. The van der Waals surface area contributed by atoms with E-state index in [1.807, 2.05) is 0 Å². The molecule has 14 heavy (non-hydrogen) atoms. The first-order valence-electron chi connectivity index (χ1n) is 5.57. The third-order valence-corrected chi connectivity index (χ3v) is 2.90. The number of piperazine rings is 1. The minimum absolute atomic E-state index is 0. The van der Waals surface area contributed by atoms with E-state index in [4.69, 9.17) is 5.21 Å². The lowest BCUT2D eigenvalue weighted by atomic mass is 10.2. The first-order chi connectivity index (χ1) is 6.74. The van der Waals surface area contributed by atoms with E-state index in [0.717, 1.165) is 13.0 Å². The molecule has 0 saturated carbocycles. The van der Waals surface area contributed by atoms with Crippen LogP contribution >= 0.6 is 0 Å². The van der Waals surface area contributed by atoms with Crippen molar-refractivity contribution in [2.45, 2.75) is 26.3 Å². The van der Waals surface area contributed by atoms with Gasteiger partial charge in [-0.05, 0) is 26.8 Å². The van der Waals surface area contributed by atoms with Gasteiger partial charge in [-0.1, -0.05) is 0 Å². The van der Waals surface area contributed by atoms with Crippen molar-refractivity contribution in [2.24, 2.45) is 0 Å². The third-order valence-electron chi connectivity index (χ3n) is 2.90. The Morgan fingerprint density at radius 1 is 1.29 bits per heavy atom. The molecule has 0 amide bonds. The summed E-state index contributed by atoms with van der Waals surface area (Å²) in [6.07, 6.45) is 1.03. The summed E-state index contributed by atoms with van der Waals surface area (Å²) < 4.78 is 0. The molecule has 0 atom stereocenters. The molecule has 1 aliphatic heterocycles. The minimum Gasteiger partial charge on any atom is -0.317 e. The number of hydrogen-bond donors (Lipinski definition) is 2. The van der Waals surface area contributed by atoms with E-state index in [2.05, 4.69) is 29.1 Å². The molecule has 1 aliphatic rings. The van der Waals surface area contributed by atoms with Gasteiger partial charge in [-0.3, -0.25) is 4.90 Å². The fraction of sp³-hybridized carbons (Fsp3) is 1.00. The van der Waals surface area contributed by atoms with Gasteiger partial charge in [0.15, 0.2) is 0 Å². The van der Waals surface area contributed by atoms with E-state index >= 15 is 0 Å². The Hall–Kier alpha value is -0.160. The van der Waals surface area contributed by atoms with Crippen molar-refractivity contribution in [3.8, 4) is 0 Å². The zero-order valence-electron chi connectivity index (χ0n) is 9.37. The summed E-state index contributed by atoms with van der Waals surface area (Å²) in [5.74, 6) is 0. The summed E-state index contributed by atoms with van der Waals surface area (Å²) in [7, 11) is 0. The molecule has 0 aromatic heterocycles. The van der Waals surface area contributed by atoms with Gasteiger partial charge in [-0.15, -0.1) is 0 Å². The predicted octanol–water partition coefficient (Wildman–Crippen LogP) is 0.627. The first kappa shape index (κ1) is 11.9. The van der Waals surface area contributed by atoms with Crippen molar-refractivity contribution in [3.05, 3.63) is 0 Å². The smallest absolute Gasteiger partial charge is 0.0219 e. The molecule has 0 aromatic rings. The molecule has 1 fully saturated rings. The quantitative estimate of drug-likeness (QED) is 0.508. The van der Waals surface area contributed by atoms with E-state index in [9.17, 15) is 0 Å². The Morgan fingerprint density at radius 3 is 2.43 bits per heavy atom. The molecular formula is C10H25N3O. The highest BCUT2D eigenvalue weighted by Gasteiger charge is 2.17. The SMILES string of the molecule is CC(C)N1CCN(CCCNO)CC1.[HH]. The fourth-order valence-electron chi connectivity index (χ4n) is 1.89. The van der Waals surface area contributed by atoms with E-state index in [0.29, 0.717) is 12.6 Å². The number of rotatable bonds is 5. The van der Waals surface area contributed by atoms with Crippen molar-refractivity contribution in [3.63, 3.8) is 0 Å². The molecule has 0 aliphatic carbocycles. The molecule has 0 radical (unpaired) electrons. The van der Waals surface area contributed by atoms with Crippen molar-refractivity contribution >= 4 is 0 Å². The van der Waals surface area contributed by atoms with Crippen molar-refractivity contribution < 1.29 is 6.63 Å². The highest BCUT2D eigenvalue weighted by atomic mass is 16.5. The number of nitrogens with one attached hydrogen (secondary N) is 1. The van der Waals surface area contributed by atoms with Gasteiger partial charge in [-0.2, -0.15) is 0 Å². The molecule has 1 rings (SSSR count). The maximum atomic E-state index is 8.43. The van der Waals surface area contributed by atoms with Crippen LogP contribution in [0.1, 0.15) is 21.7 Å². The van der Waals surface area contributed by atoms with E-state index in [1.54, 1.807) is 0 Å². The zero-order chi connectivity index (χ0) is 10.4. The van der Waals surface area contributed by atoms with E-state index < -0.39 is 0 Å². The number of nitrogens with zero attached hydrogens (tertiary/aromatic N) is 2. The van der Waals surface area contributed by atoms with Crippen LogP contribution in [0.4, 0.5) is 0 Å². The summed E-state index contributed by atoms with van der Waals surface area (Å²) in [6, 6.07) is 0.677. The van der Waals surface area contributed by atoms with Crippen LogP contribution in [-0.4, -0.2) is 60.3 Å². The molecule has 2 N–H and O–H groups in total. The van der Waals surface area contributed by atoms with Crippen molar-refractivity contribution in [2.75, 3.05) is 39.3 Å². The van der Waals surface area contributed by atoms with Crippen LogP contribution in [0.15, 0.2) is 0 Å². The summed E-state index contributed by atoms with van der Waals surface area (Å²) in [6.45, 7) is 11.0. The van der Waals surface area contributed by atoms with E-state index in [-0.39, 0.29) is 1.43 Å². The Labute approximate surface area is 88.3 Å².